The maximum Gasteiger partial charge on any atom is 0.126 e. The van der Waals surface area contributed by atoms with Crippen molar-refractivity contribution in [3.63, 3.8) is 0 Å². The summed E-state index contributed by atoms with van der Waals surface area (Å²) >= 11 is 0. The van der Waals surface area contributed by atoms with Gasteiger partial charge in [0.05, 0.1) is 5.69 Å². The van der Waals surface area contributed by atoms with E-state index in [1.165, 1.54) is 0 Å². The van der Waals surface area contributed by atoms with E-state index in [1.807, 2.05) is 31.4 Å². The minimum atomic E-state index is -0.0734. The summed E-state index contributed by atoms with van der Waals surface area (Å²) in [6.45, 7) is 0.787. The third kappa shape index (κ3) is 2.68. The van der Waals surface area contributed by atoms with Crippen LogP contribution in [0.5, 0.6) is 0 Å². The Morgan fingerprint density at radius 1 is 1.32 bits per heavy atom. The molecule has 19 heavy (non-hydrogen) atoms. The Labute approximate surface area is 112 Å². The number of aryl methyl sites for hydroxylation is 1. The third-order valence-electron chi connectivity index (χ3n) is 3.82. The highest BCUT2D eigenvalue weighted by atomic mass is 19.1. The van der Waals surface area contributed by atoms with Gasteiger partial charge in [0.2, 0.25) is 0 Å². The average Bonchev–Trinajstić information content (AvgIpc) is 2.75. The highest BCUT2D eigenvalue weighted by Gasteiger charge is 2.31. The molecule has 1 saturated carbocycles. The Morgan fingerprint density at radius 3 is 2.79 bits per heavy atom. The van der Waals surface area contributed by atoms with Crippen molar-refractivity contribution < 1.29 is 4.39 Å². The van der Waals surface area contributed by atoms with E-state index in [0.29, 0.717) is 12.0 Å². The molecule has 0 unspecified atom stereocenters. The SMILES string of the molecule is Cn1ccc(CNC2CC(c3ccccc3F)C2)n1. The molecule has 1 aromatic carbocycles. The molecule has 0 atom stereocenters. The lowest BCUT2D eigenvalue weighted by Crippen LogP contribution is -2.40. The van der Waals surface area contributed by atoms with Crippen LogP contribution in [0, 0.1) is 5.82 Å². The highest BCUT2D eigenvalue weighted by molar-refractivity contribution is 5.24. The summed E-state index contributed by atoms with van der Waals surface area (Å²) in [5.74, 6) is 0.290. The maximum absolute atomic E-state index is 13.6. The lowest BCUT2D eigenvalue weighted by atomic mass is 9.75. The fourth-order valence-corrected chi connectivity index (χ4v) is 2.65. The molecule has 4 heteroatoms. The Kier molecular flexibility index (Phi) is 3.34. The quantitative estimate of drug-likeness (QED) is 0.914. The summed E-state index contributed by atoms with van der Waals surface area (Å²) in [5, 5.41) is 7.80. The topological polar surface area (TPSA) is 29.9 Å². The van der Waals surface area contributed by atoms with E-state index in [1.54, 1.807) is 16.8 Å². The van der Waals surface area contributed by atoms with Gasteiger partial charge in [-0.2, -0.15) is 5.10 Å². The molecule has 0 bridgehead atoms. The number of nitrogens with one attached hydrogen (secondary N) is 1. The van der Waals surface area contributed by atoms with E-state index < -0.39 is 0 Å². The molecule has 1 N–H and O–H groups in total. The van der Waals surface area contributed by atoms with Gasteiger partial charge in [-0.05, 0) is 36.5 Å². The van der Waals surface area contributed by atoms with Crippen LogP contribution >= 0.6 is 0 Å². The molecule has 1 aliphatic rings. The molecule has 2 aromatic rings. The zero-order valence-corrected chi connectivity index (χ0v) is 11.0. The molecule has 0 amide bonds. The molecular weight excluding hydrogens is 241 g/mol. The standard InChI is InChI=1S/C15H18FN3/c1-19-7-6-12(18-19)10-17-13-8-11(9-13)14-4-2-3-5-15(14)16/h2-7,11,13,17H,8-10H2,1H3. The van der Waals surface area contributed by atoms with Crippen molar-refractivity contribution in [3.05, 3.63) is 53.6 Å². The molecule has 3 rings (SSSR count). The fourth-order valence-electron chi connectivity index (χ4n) is 2.65. The van der Waals surface area contributed by atoms with Gasteiger partial charge in [0, 0.05) is 25.8 Å². The first-order valence-electron chi connectivity index (χ1n) is 6.68. The molecular formula is C15H18FN3. The molecule has 3 nitrogen and oxygen atoms in total. The second-order valence-corrected chi connectivity index (χ2v) is 5.25. The van der Waals surface area contributed by atoms with Crippen LogP contribution in [0.4, 0.5) is 4.39 Å². The summed E-state index contributed by atoms with van der Waals surface area (Å²) in [5.41, 5.74) is 1.91. The van der Waals surface area contributed by atoms with E-state index in [9.17, 15) is 4.39 Å². The Balaban J connectivity index is 1.49. The number of nitrogens with zero attached hydrogens (tertiary/aromatic N) is 2. The summed E-state index contributed by atoms with van der Waals surface area (Å²) in [4.78, 5) is 0. The first-order chi connectivity index (χ1) is 9.22. The molecule has 0 radical (unpaired) electrons. The predicted molar refractivity (Wildman–Crippen MR) is 72.2 cm³/mol. The lowest BCUT2D eigenvalue weighted by Gasteiger charge is -2.36. The van der Waals surface area contributed by atoms with Crippen LogP contribution in [0.2, 0.25) is 0 Å². The second kappa shape index (κ2) is 5.13. The third-order valence-corrected chi connectivity index (χ3v) is 3.82. The van der Waals surface area contributed by atoms with Crippen molar-refractivity contribution in [2.24, 2.45) is 7.05 Å². The van der Waals surface area contributed by atoms with Gasteiger partial charge in [-0.25, -0.2) is 4.39 Å². The van der Waals surface area contributed by atoms with Crippen molar-refractivity contribution in [3.8, 4) is 0 Å². The molecule has 1 fully saturated rings. The number of aromatic nitrogens is 2. The minimum absolute atomic E-state index is 0.0734. The maximum atomic E-state index is 13.6. The second-order valence-electron chi connectivity index (χ2n) is 5.25. The Hall–Kier alpha value is -1.68. The van der Waals surface area contributed by atoms with Crippen LogP contribution in [0.3, 0.4) is 0 Å². The number of halogens is 1. The number of rotatable bonds is 4. The van der Waals surface area contributed by atoms with Gasteiger partial charge in [0.1, 0.15) is 5.82 Å². The number of hydrogen-bond donors (Lipinski definition) is 1. The molecule has 0 aliphatic heterocycles. The van der Waals surface area contributed by atoms with Gasteiger partial charge in [-0.3, -0.25) is 4.68 Å². The van der Waals surface area contributed by atoms with Crippen molar-refractivity contribution in [1.29, 1.82) is 0 Å². The summed E-state index contributed by atoms with van der Waals surface area (Å²) in [6.07, 6.45) is 3.96. The Bertz CT molecular complexity index is 558. The van der Waals surface area contributed by atoms with Crippen molar-refractivity contribution in [1.82, 2.24) is 15.1 Å². The molecule has 1 aromatic heterocycles. The Morgan fingerprint density at radius 2 is 2.11 bits per heavy atom. The number of benzene rings is 1. The van der Waals surface area contributed by atoms with E-state index in [0.717, 1.165) is 30.6 Å². The zero-order chi connectivity index (χ0) is 13.2. The normalized spacial score (nSPS) is 22.2. The van der Waals surface area contributed by atoms with Gasteiger partial charge in [0.15, 0.2) is 0 Å². The van der Waals surface area contributed by atoms with Crippen molar-refractivity contribution >= 4 is 0 Å². The van der Waals surface area contributed by atoms with E-state index in [2.05, 4.69) is 10.4 Å². The molecule has 0 spiro atoms. The molecule has 1 heterocycles. The molecule has 0 saturated heterocycles. The van der Waals surface area contributed by atoms with Gasteiger partial charge in [0.25, 0.3) is 0 Å². The van der Waals surface area contributed by atoms with Crippen LogP contribution in [-0.4, -0.2) is 15.8 Å². The first-order valence-corrected chi connectivity index (χ1v) is 6.68. The predicted octanol–water partition coefficient (Wildman–Crippen LogP) is 2.60. The summed E-state index contributed by atoms with van der Waals surface area (Å²) in [6, 6.07) is 9.59. The largest absolute Gasteiger partial charge is 0.308 e. The van der Waals surface area contributed by atoms with Crippen molar-refractivity contribution in [2.45, 2.75) is 31.3 Å². The van der Waals surface area contributed by atoms with Gasteiger partial charge in [-0.15, -0.1) is 0 Å². The molecule has 100 valence electrons. The van der Waals surface area contributed by atoms with Crippen molar-refractivity contribution in [2.75, 3.05) is 0 Å². The van der Waals surface area contributed by atoms with Crippen LogP contribution in [0.1, 0.15) is 30.0 Å². The van der Waals surface area contributed by atoms with Crippen LogP contribution in [-0.2, 0) is 13.6 Å². The van der Waals surface area contributed by atoms with Gasteiger partial charge < -0.3 is 5.32 Å². The van der Waals surface area contributed by atoms with E-state index >= 15 is 0 Å². The van der Waals surface area contributed by atoms with E-state index in [4.69, 9.17) is 0 Å². The summed E-state index contributed by atoms with van der Waals surface area (Å²) in [7, 11) is 1.92. The monoisotopic (exact) mass is 259 g/mol. The smallest absolute Gasteiger partial charge is 0.126 e. The fraction of sp³-hybridized carbons (Fsp3) is 0.400. The van der Waals surface area contributed by atoms with Crippen LogP contribution < -0.4 is 5.32 Å². The highest BCUT2D eigenvalue weighted by Crippen LogP contribution is 2.37. The lowest BCUT2D eigenvalue weighted by molar-refractivity contribution is 0.283. The van der Waals surface area contributed by atoms with E-state index in [-0.39, 0.29) is 5.82 Å². The first kappa shape index (κ1) is 12.4. The van der Waals surface area contributed by atoms with Gasteiger partial charge >= 0.3 is 0 Å². The van der Waals surface area contributed by atoms with Crippen LogP contribution in [0.15, 0.2) is 36.5 Å². The average molecular weight is 259 g/mol. The molecule has 1 aliphatic carbocycles. The van der Waals surface area contributed by atoms with Crippen LogP contribution in [0.25, 0.3) is 0 Å². The summed E-state index contributed by atoms with van der Waals surface area (Å²) < 4.78 is 15.4. The minimum Gasteiger partial charge on any atom is -0.308 e. The van der Waals surface area contributed by atoms with Gasteiger partial charge in [-0.1, -0.05) is 18.2 Å². The zero-order valence-electron chi connectivity index (χ0n) is 11.0. The number of hydrogen-bond acceptors (Lipinski definition) is 2.